The van der Waals surface area contributed by atoms with Crippen LogP contribution < -0.4 is 4.74 Å². The second-order valence-electron chi connectivity index (χ2n) is 4.90. The van der Waals surface area contributed by atoms with E-state index in [1.807, 2.05) is 54.2 Å². The van der Waals surface area contributed by atoms with Gasteiger partial charge in [0.05, 0.1) is 5.56 Å². The zero-order chi connectivity index (χ0) is 14.8. The lowest BCUT2D eigenvalue weighted by Gasteiger charge is -2.05. The number of para-hydroxylation sites is 1. The summed E-state index contributed by atoms with van der Waals surface area (Å²) in [6.45, 7) is 0.407. The Balaban J connectivity index is 1.94. The monoisotopic (exact) mass is 281 g/mol. The summed E-state index contributed by atoms with van der Waals surface area (Å²) in [7, 11) is 1.94. The first-order chi connectivity index (χ1) is 10.1. The average Bonchev–Trinajstić information content (AvgIpc) is 2.82. The van der Waals surface area contributed by atoms with Gasteiger partial charge >= 0.3 is 5.97 Å². The highest BCUT2D eigenvalue weighted by molar-refractivity contribution is 5.94. The Bertz CT molecular complexity index is 790. The molecule has 0 spiro atoms. The maximum Gasteiger partial charge on any atom is 0.335 e. The minimum atomic E-state index is -0.921. The number of aromatic nitrogens is 1. The van der Waals surface area contributed by atoms with Crippen molar-refractivity contribution >= 4 is 16.9 Å². The van der Waals surface area contributed by atoms with Crippen LogP contribution in [-0.2, 0) is 13.7 Å². The molecular weight excluding hydrogens is 266 g/mol. The number of carboxylic acids is 1. The predicted octanol–water partition coefficient (Wildman–Crippen LogP) is 3.46. The summed E-state index contributed by atoms with van der Waals surface area (Å²) >= 11 is 0. The molecule has 1 heterocycles. The first-order valence-electron chi connectivity index (χ1n) is 6.64. The molecule has 0 amide bonds. The van der Waals surface area contributed by atoms with Crippen LogP contribution in [-0.4, -0.2) is 15.6 Å². The van der Waals surface area contributed by atoms with Gasteiger partial charge in [-0.15, -0.1) is 0 Å². The van der Waals surface area contributed by atoms with Crippen LogP contribution in [0.25, 0.3) is 10.9 Å². The molecule has 1 N–H and O–H groups in total. The Morgan fingerprint density at radius 2 is 1.95 bits per heavy atom. The van der Waals surface area contributed by atoms with Gasteiger partial charge in [-0.05, 0) is 30.3 Å². The molecule has 0 aliphatic heterocycles. The number of carbonyl (C=O) groups is 1. The quantitative estimate of drug-likeness (QED) is 0.796. The normalized spacial score (nSPS) is 10.7. The van der Waals surface area contributed by atoms with Gasteiger partial charge < -0.3 is 14.4 Å². The van der Waals surface area contributed by atoms with Crippen molar-refractivity contribution in [3.63, 3.8) is 0 Å². The van der Waals surface area contributed by atoms with Crippen molar-refractivity contribution in [2.75, 3.05) is 0 Å². The number of hydrogen-bond acceptors (Lipinski definition) is 2. The van der Waals surface area contributed by atoms with Crippen LogP contribution in [0.1, 0.15) is 15.9 Å². The summed E-state index contributed by atoms with van der Waals surface area (Å²) in [6.07, 6.45) is 1.97. The smallest absolute Gasteiger partial charge is 0.335 e. The molecule has 106 valence electrons. The molecule has 21 heavy (non-hydrogen) atoms. The summed E-state index contributed by atoms with van der Waals surface area (Å²) in [4.78, 5) is 11.1. The van der Waals surface area contributed by atoms with Crippen LogP contribution in [0.15, 0.2) is 54.7 Å². The van der Waals surface area contributed by atoms with Crippen LogP contribution >= 0.6 is 0 Å². The van der Waals surface area contributed by atoms with Crippen molar-refractivity contribution in [3.05, 3.63) is 65.9 Å². The minimum absolute atomic E-state index is 0.287. The third-order valence-electron chi connectivity index (χ3n) is 3.46. The fourth-order valence-corrected chi connectivity index (χ4v) is 2.40. The molecule has 0 saturated heterocycles. The SMILES string of the molecule is Cn1cc(COc2ccccc2)c2cc(C(=O)O)ccc21. The number of aromatic carboxylic acids is 1. The van der Waals surface area contributed by atoms with E-state index in [0.717, 1.165) is 22.2 Å². The summed E-state index contributed by atoms with van der Waals surface area (Å²) in [5.74, 6) is -0.125. The number of carboxylic acid groups (broad SMARTS) is 1. The number of nitrogens with zero attached hydrogens (tertiary/aromatic N) is 1. The number of aryl methyl sites for hydroxylation is 1. The van der Waals surface area contributed by atoms with Crippen LogP contribution in [0.2, 0.25) is 0 Å². The molecule has 0 unspecified atom stereocenters. The molecule has 4 heteroatoms. The van der Waals surface area contributed by atoms with E-state index < -0.39 is 5.97 Å². The summed E-state index contributed by atoms with van der Waals surface area (Å²) < 4.78 is 7.73. The van der Waals surface area contributed by atoms with E-state index >= 15 is 0 Å². The van der Waals surface area contributed by atoms with Gasteiger partial charge in [-0.2, -0.15) is 0 Å². The second kappa shape index (κ2) is 5.32. The van der Waals surface area contributed by atoms with Crippen LogP contribution in [0.5, 0.6) is 5.75 Å². The van der Waals surface area contributed by atoms with Crippen molar-refractivity contribution in [2.45, 2.75) is 6.61 Å². The molecule has 2 aromatic carbocycles. The maximum absolute atomic E-state index is 11.1. The van der Waals surface area contributed by atoms with Gasteiger partial charge in [0.2, 0.25) is 0 Å². The zero-order valence-corrected chi connectivity index (χ0v) is 11.6. The molecular formula is C17H15NO3. The lowest BCUT2D eigenvalue weighted by atomic mass is 10.1. The van der Waals surface area contributed by atoms with E-state index in [1.165, 1.54) is 0 Å². The molecule has 0 saturated carbocycles. The van der Waals surface area contributed by atoms with Crippen molar-refractivity contribution in [1.29, 1.82) is 0 Å². The molecule has 4 nitrogen and oxygen atoms in total. The van der Waals surface area contributed by atoms with E-state index in [1.54, 1.807) is 12.1 Å². The molecule has 0 aliphatic carbocycles. The summed E-state index contributed by atoms with van der Waals surface area (Å²) in [5, 5.41) is 10.0. The maximum atomic E-state index is 11.1. The number of ether oxygens (including phenoxy) is 1. The molecule has 0 bridgehead atoms. The fraction of sp³-hybridized carbons (Fsp3) is 0.118. The Morgan fingerprint density at radius 3 is 2.67 bits per heavy atom. The molecule has 0 fully saturated rings. The van der Waals surface area contributed by atoms with Crippen LogP contribution in [0, 0.1) is 0 Å². The van der Waals surface area contributed by atoms with Gasteiger partial charge in [0, 0.05) is 29.7 Å². The topological polar surface area (TPSA) is 51.5 Å². The third-order valence-corrected chi connectivity index (χ3v) is 3.46. The highest BCUT2D eigenvalue weighted by Gasteiger charge is 2.11. The number of fused-ring (bicyclic) bond motifs is 1. The highest BCUT2D eigenvalue weighted by atomic mass is 16.5. The van der Waals surface area contributed by atoms with E-state index in [4.69, 9.17) is 9.84 Å². The van der Waals surface area contributed by atoms with Crippen molar-refractivity contribution in [1.82, 2.24) is 4.57 Å². The first kappa shape index (κ1) is 13.2. The molecule has 1 aromatic heterocycles. The van der Waals surface area contributed by atoms with Crippen molar-refractivity contribution < 1.29 is 14.6 Å². The molecule has 0 atom stereocenters. The van der Waals surface area contributed by atoms with Gasteiger partial charge in [-0.25, -0.2) is 4.79 Å². The van der Waals surface area contributed by atoms with Crippen molar-refractivity contribution in [3.8, 4) is 5.75 Å². The largest absolute Gasteiger partial charge is 0.489 e. The Kier molecular flexibility index (Phi) is 3.36. The van der Waals surface area contributed by atoms with E-state index in [2.05, 4.69) is 0 Å². The number of hydrogen-bond donors (Lipinski definition) is 1. The first-order valence-corrected chi connectivity index (χ1v) is 6.64. The van der Waals surface area contributed by atoms with E-state index in [9.17, 15) is 4.79 Å². The van der Waals surface area contributed by atoms with Crippen molar-refractivity contribution in [2.24, 2.45) is 7.05 Å². The number of benzene rings is 2. The highest BCUT2D eigenvalue weighted by Crippen LogP contribution is 2.23. The minimum Gasteiger partial charge on any atom is -0.489 e. The lowest BCUT2D eigenvalue weighted by Crippen LogP contribution is -1.97. The van der Waals surface area contributed by atoms with Gasteiger partial charge in [0.15, 0.2) is 0 Å². The number of rotatable bonds is 4. The Hall–Kier alpha value is -2.75. The predicted molar refractivity (Wildman–Crippen MR) is 80.7 cm³/mol. The lowest BCUT2D eigenvalue weighted by molar-refractivity contribution is 0.0697. The van der Waals surface area contributed by atoms with Gasteiger partial charge in [-0.3, -0.25) is 0 Å². The molecule has 3 rings (SSSR count). The molecule has 0 aliphatic rings. The molecule has 0 radical (unpaired) electrons. The Morgan fingerprint density at radius 1 is 1.19 bits per heavy atom. The van der Waals surface area contributed by atoms with Gasteiger partial charge in [0.25, 0.3) is 0 Å². The molecule has 3 aromatic rings. The summed E-state index contributed by atoms with van der Waals surface area (Å²) in [6, 6.07) is 14.7. The summed E-state index contributed by atoms with van der Waals surface area (Å²) in [5.41, 5.74) is 2.25. The van der Waals surface area contributed by atoms with Crippen LogP contribution in [0.3, 0.4) is 0 Å². The van der Waals surface area contributed by atoms with E-state index in [0.29, 0.717) is 6.61 Å². The van der Waals surface area contributed by atoms with Gasteiger partial charge in [-0.1, -0.05) is 18.2 Å². The Labute approximate surface area is 122 Å². The van der Waals surface area contributed by atoms with Gasteiger partial charge in [0.1, 0.15) is 12.4 Å². The zero-order valence-electron chi connectivity index (χ0n) is 11.6. The van der Waals surface area contributed by atoms with Crippen LogP contribution in [0.4, 0.5) is 0 Å². The van der Waals surface area contributed by atoms with E-state index in [-0.39, 0.29) is 5.56 Å². The fourth-order valence-electron chi connectivity index (χ4n) is 2.40. The standard InChI is InChI=1S/C17H15NO3/c1-18-10-13(11-21-14-5-3-2-4-6-14)15-9-12(17(19)20)7-8-16(15)18/h2-10H,11H2,1H3,(H,19,20). The third kappa shape index (κ3) is 2.60. The second-order valence-corrected chi connectivity index (χ2v) is 4.90. The average molecular weight is 281 g/mol.